The molecule has 3 nitrogen and oxygen atoms in total. The number of nitrogens with two attached hydrogens (primary N) is 1. The van der Waals surface area contributed by atoms with E-state index in [1.165, 1.54) is 0 Å². The number of ether oxygens (including phenoxy) is 1. The summed E-state index contributed by atoms with van der Waals surface area (Å²) in [5, 5.41) is 4.56. The van der Waals surface area contributed by atoms with Crippen LogP contribution in [0.3, 0.4) is 0 Å². The zero-order valence-electron chi connectivity index (χ0n) is 13.8. The van der Waals surface area contributed by atoms with Crippen molar-refractivity contribution in [3.63, 3.8) is 0 Å². The fourth-order valence-electron chi connectivity index (χ4n) is 3.34. The monoisotopic (exact) mass is 347 g/mol. The summed E-state index contributed by atoms with van der Waals surface area (Å²) < 4.78 is 11.5. The summed E-state index contributed by atoms with van der Waals surface area (Å²) >= 11 is 0. The maximum absolute atomic E-state index is 5.80. The van der Waals surface area contributed by atoms with Crippen LogP contribution in [0.2, 0.25) is 0 Å². The number of hydrogen-bond acceptors (Lipinski definition) is 3. The van der Waals surface area contributed by atoms with Crippen molar-refractivity contribution in [2.24, 2.45) is 5.50 Å². The van der Waals surface area contributed by atoms with Gasteiger partial charge < -0.3 is 9.26 Å². The van der Waals surface area contributed by atoms with Crippen molar-refractivity contribution in [3.05, 3.63) is 72.8 Å². The van der Waals surface area contributed by atoms with E-state index in [1.54, 1.807) is 7.11 Å². The number of hydrogen-bond donors (Lipinski definition) is 1. The lowest BCUT2D eigenvalue weighted by molar-refractivity contribution is 0.417. The number of rotatable bonds is 4. The van der Waals surface area contributed by atoms with Crippen molar-refractivity contribution >= 4 is 30.5 Å². The van der Waals surface area contributed by atoms with Crippen LogP contribution in [0.4, 0.5) is 0 Å². The van der Waals surface area contributed by atoms with Crippen LogP contribution >= 0.6 is 8.96 Å². The molecule has 0 amide bonds. The van der Waals surface area contributed by atoms with Gasteiger partial charge in [-0.1, -0.05) is 60.7 Å². The van der Waals surface area contributed by atoms with E-state index in [2.05, 4.69) is 36.4 Å². The predicted molar refractivity (Wildman–Crippen MR) is 107 cm³/mol. The van der Waals surface area contributed by atoms with E-state index in [1.807, 2.05) is 36.4 Å². The molecule has 0 fully saturated rings. The largest absolute Gasteiger partial charge is 0.496 e. The van der Waals surface area contributed by atoms with E-state index in [9.17, 15) is 0 Å². The van der Waals surface area contributed by atoms with Gasteiger partial charge in [-0.3, -0.25) is 5.50 Å². The molecule has 4 rings (SSSR count). The Morgan fingerprint density at radius 1 is 0.680 bits per heavy atom. The SMILES string of the molecule is COc1ccc2ccccc2c1-c1c(OPN)ccc2ccccc12. The molecular weight excluding hydrogens is 329 g/mol. The van der Waals surface area contributed by atoms with Crippen LogP contribution in [0, 0.1) is 0 Å². The van der Waals surface area contributed by atoms with Gasteiger partial charge in [-0.2, -0.15) is 0 Å². The molecule has 4 heteroatoms. The highest BCUT2D eigenvalue weighted by Crippen LogP contribution is 2.45. The first-order chi connectivity index (χ1) is 12.3. The van der Waals surface area contributed by atoms with Gasteiger partial charge in [0.25, 0.3) is 0 Å². The molecular formula is C21H18NO2P. The molecule has 0 aliphatic rings. The summed E-state index contributed by atoms with van der Waals surface area (Å²) in [6.07, 6.45) is 0. The van der Waals surface area contributed by atoms with Crippen molar-refractivity contribution in [2.45, 2.75) is 0 Å². The van der Waals surface area contributed by atoms with Crippen molar-refractivity contribution < 1.29 is 9.26 Å². The minimum Gasteiger partial charge on any atom is -0.496 e. The molecule has 1 atom stereocenters. The van der Waals surface area contributed by atoms with Crippen LogP contribution in [-0.4, -0.2) is 7.11 Å². The van der Waals surface area contributed by atoms with Crippen LogP contribution in [-0.2, 0) is 0 Å². The lowest BCUT2D eigenvalue weighted by atomic mass is 9.92. The molecule has 25 heavy (non-hydrogen) atoms. The minimum atomic E-state index is -0.119. The molecule has 0 aliphatic carbocycles. The first-order valence-corrected chi connectivity index (χ1v) is 9.02. The van der Waals surface area contributed by atoms with Gasteiger partial charge in [-0.05, 0) is 33.7 Å². The Kier molecular flexibility index (Phi) is 4.27. The molecule has 124 valence electrons. The predicted octanol–water partition coefficient (Wildman–Crippen LogP) is 5.51. The number of methoxy groups -OCH3 is 1. The summed E-state index contributed by atoms with van der Waals surface area (Å²) in [5.41, 5.74) is 7.76. The minimum absolute atomic E-state index is 0.119. The summed E-state index contributed by atoms with van der Waals surface area (Å²) in [7, 11) is 1.58. The second-order valence-corrected chi connectivity index (χ2v) is 6.18. The van der Waals surface area contributed by atoms with E-state index in [-0.39, 0.29) is 8.96 Å². The Bertz CT molecular complexity index is 1060. The van der Waals surface area contributed by atoms with E-state index in [4.69, 9.17) is 14.8 Å². The Hall–Kier alpha value is -2.61. The fourth-order valence-corrected chi connectivity index (χ4v) is 3.63. The van der Waals surface area contributed by atoms with Crippen LogP contribution in [0.1, 0.15) is 0 Å². The third kappa shape index (κ3) is 2.72. The molecule has 2 N–H and O–H groups in total. The number of benzene rings is 4. The van der Waals surface area contributed by atoms with E-state index >= 15 is 0 Å². The average Bonchev–Trinajstić information content (AvgIpc) is 2.67. The Balaban J connectivity index is 2.17. The Morgan fingerprint density at radius 3 is 1.76 bits per heavy atom. The maximum atomic E-state index is 5.80. The molecule has 1 unspecified atom stereocenters. The van der Waals surface area contributed by atoms with Gasteiger partial charge in [-0.15, -0.1) is 0 Å². The van der Waals surface area contributed by atoms with Gasteiger partial charge in [-0.25, -0.2) is 0 Å². The van der Waals surface area contributed by atoms with Gasteiger partial charge >= 0.3 is 0 Å². The molecule has 0 heterocycles. The van der Waals surface area contributed by atoms with E-state index in [0.717, 1.165) is 44.2 Å². The second-order valence-electron chi connectivity index (χ2n) is 5.74. The van der Waals surface area contributed by atoms with Crippen molar-refractivity contribution in [3.8, 4) is 22.6 Å². The highest BCUT2D eigenvalue weighted by Gasteiger charge is 2.18. The lowest BCUT2D eigenvalue weighted by Crippen LogP contribution is -1.94. The van der Waals surface area contributed by atoms with Gasteiger partial charge in [0.1, 0.15) is 20.5 Å². The van der Waals surface area contributed by atoms with Crippen molar-refractivity contribution in [2.75, 3.05) is 7.11 Å². The average molecular weight is 347 g/mol. The molecule has 0 saturated carbocycles. The molecule has 0 aliphatic heterocycles. The molecule has 0 bridgehead atoms. The molecule has 0 spiro atoms. The number of fused-ring (bicyclic) bond motifs is 2. The molecule has 0 radical (unpaired) electrons. The van der Waals surface area contributed by atoms with E-state index in [0.29, 0.717) is 0 Å². The summed E-state index contributed by atoms with van der Waals surface area (Å²) in [5.74, 6) is 1.59. The van der Waals surface area contributed by atoms with Crippen molar-refractivity contribution in [1.29, 1.82) is 0 Å². The van der Waals surface area contributed by atoms with Gasteiger partial charge in [0, 0.05) is 11.1 Å². The lowest BCUT2D eigenvalue weighted by Gasteiger charge is -2.18. The third-order valence-corrected chi connectivity index (χ3v) is 4.76. The Morgan fingerprint density at radius 2 is 1.20 bits per heavy atom. The standard InChI is InChI=1S/C21H18NO2P/c1-23-18-12-10-14-6-2-4-8-16(14)20(18)21-17-9-5-3-7-15(17)11-13-19(21)24-25-22/h2-13,25H,22H2,1H3. The van der Waals surface area contributed by atoms with Gasteiger partial charge in [0.15, 0.2) is 0 Å². The van der Waals surface area contributed by atoms with Gasteiger partial charge in [0.05, 0.1) is 7.11 Å². The quantitative estimate of drug-likeness (QED) is 0.495. The first kappa shape index (κ1) is 15.9. The zero-order chi connectivity index (χ0) is 17.2. The second kappa shape index (κ2) is 6.72. The third-order valence-electron chi connectivity index (χ3n) is 4.42. The highest BCUT2D eigenvalue weighted by atomic mass is 31.1. The van der Waals surface area contributed by atoms with Gasteiger partial charge in [0.2, 0.25) is 0 Å². The summed E-state index contributed by atoms with van der Waals surface area (Å²) in [4.78, 5) is 0. The van der Waals surface area contributed by atoms with Crippen LogP contribution in [0.15, 0.2) is 72.8 Å². The molecule has 0 aromatic heterocycles. The highest BCUT2D eigenvalue weighted by molar-refractivity contribution is 7.29. The smallest absolute Gasteiger partial charge is 0.143 e. The van der Waals surface area contributed by atoms with Crippen LogP contribution in [0.5, 0.6) is 11.5 Å². The normalized spacial score (nSPS) is 11.4. The van der Waals surface area contributed by atoms with Crippen molar-refractivity contribution in [1.82, 2.24) is 0 Å². The molecule has 4 aromatic rings. The first-order valence-electron chi connectivity index (χ1n) is 8.04. The van der Waals surface area contributed by atoms with Crippen LogP contribution < -0.4 is 14.8 Å². The molecule has 4 aromatic carbocycles. The zero-order valence-corrected chi connectivity index (χ0v) is 14.8. The topological polar surface area (TPSA) is 44.5 Å². The summed E-state index contributed by atoms with van der Waals surface area (Å²) in [6, 6.07) is 24.7. The summed E-state index contributed by atoms with van der Waals surface area (Å²) in [6.45, 7) is 0. The Labute approximate surface area is 148 Å². The van der Waals surface area contributed by atoms with E-state index < -0.39 is 0 Å². The maximum Gasteiger partial charge on any atom is 0.143 e. The molecule has 0 saturated heterocycles. The fraction of sp³-hybridized carbons (Fsp3) is 0.0476. The van der Waals surface area contributed by atoms with Crippen LogP contribution in [0.25, 0.3) is 32.7 Å².